The zero-order valence-corrected chi connectivity index (χ0v) is 22.6. The van der Waals surface area contributed by atoms with Crippen LogP contribution in [0.15, 0.2) is 29.3 Å². The van der Waals surface area contributed by atoms with Crippen LogP contribution in [0.25, 0.3) is 0 Å². The van der Waals surface area contributed by atoms with Crippen LogP contribution in [0.3, 0.4) is 0 Å². The molecule has 2 heterocycles. The van der Waals surface area contributed by atoms with Crippen LogP contribution in [0.5, 0.6) is 0 Å². The van der Waals surface area contributed by atoms with Gasteiger partial charge in [0.2, 0.25) is 0 Å². The molecule has 33 heavy (non-hydrogen) atoms. The van der Waals surface area contributed by atoms with Gasteiger partial charge in [-0.25, -0.2) is 0 Å². The smallest absolute Gasteiger partial charge is 0.254 e. The van der Waals surface area contributed by atoms with E-state index in [0.29, 0.717) is 38.8 Å². The van der Waals surface area contributed by atoms with E-state index in [0.717, 1.165) is 43.2 Å². The summed E-state index contributed by atoms with van der Waals surface area (Å²) in [5, 5.41) is 3.45. The molecule has 3 atom stereocenters. The highest BCUT2D eigenvalue weighted by molar-refractivity contribution is 14.0. The molecule has 1 amide bonds. The highest BCUT2D eigenvalue weighted by Crippen LogP contribution is 2.17. The Balaban J connectivity index is 0.00000385. The molecule has 0 aromatic heterocycles. The van der Waals surface area contributed by atoms with Gasteiger partial charge in [-0.3, -0.25) is 9.79 Å². The van der Waals surface area contributed by atoms with Gasteiger partial charge in [0, 0.05) is 58.4 Å². The molecule has 2 aliphatic rings. The van der Waals surface area contributed by atoms with Crippen molar-refractivity contribution in [2.75, 3.05) is 60.2 Å². The number of carbonyl (C=O) groups excluding carboxylic acids is 1. The average Bonchev–Trinajstić information content (AvgIpc) is 3.25. The van der Waals surface area contributed by atoms with E-state index >= 15 is 0 Å². The number of guanidine groups is 1. The lowest BCUT2D eigenvalue weighted by Crippen LogP contribution is -2.48. The molecule has 2 fully saturated rings. The third-order valence-corrected chi connectivity index (χ3v) is 5.94. The number of halogens is 1. The number of amides is 1. The molecule has 1 N–H and O–H groups in total. The van der Waals surface area contributed by atoms with Gasteiger partial charge in [0.05, 0.1) is 32.0 Å². The first-order valence-corrected chi connectivity index (χ1v) is 11.6. The molecule has 2 aliphatic heterocycles. The molecule has 2 saturated heterocycles. The van der Waals surface area contributed by atoms with Gasteiger partial charge in [0.1, 0.15) is 0 Å². The van der Waals surface area contributed by atoms with Gasteiger partial charge < -0.3 is 29.3 Å². The summed E-state index contributed by atoms with van der Waals surface area (Å²) in [6, 6.07) is 7.85. The summed E-state index contributed by atoms with van der Waals surface area (Å²) < 4.78 is 16.4. The number of morpholine rings is 1. The number of benzene rings is 1. The standard InChI is InChI=1S/C24H38N4O4.HI/c1-18-14-28(15-19(2)32-18)23(29)22-7-5-20(6-8-22)13-26-24(25-3)27-10-9-21(16-27)17-31-12-11-30-4;/h5-8,18-19,21H,9-17H2,1-4H3,(H,25,26);1H. The molecular weight excluding hydrogens is 535 g/mol. The lowest BCUT2D eigenvalue weighted by molar-refractivity contribution is -0.0586. The van der Waals surface area contributed by atoms with Crippen molar-refractivity contribution >= 4 is 35.8 Å². The lowest BCUT2D eigenvalue weighted by Gasteiger charge is -2.35. The highest BCUT2D eigenvalue weighted by Gasteiger charge is 2.27. The summed E-state index contributed by atoms with van der Waals surface area (Å²) in [6.45, 7) is 9.90. The number of aliphatic imine (C=N–C) groups is 1. The third-order valence-electron chi connectivity index (χ3n) is 5.94. The topological polar surface area (TPSA) is 75.6 Å². The summed E-state index contributed by atoms with van der Waals surface area (Å²) in [5.41, 5.74) is 1.83. The van der Waals surface area contributed by atoms with Crippen molar-refractivity contribution in [1.82, 2.24) is 15.1 Å². The van der Waals surface area contributed by atoms with E-state index in [2.05, 4.69) is 15.2 Å². The predicted octanol–water partition coefficient (Wildman–Crippen LogP) is 2.61. The molecule has 3 unspecified atom stereocenters. The molecule has 0 spiro atoms. The molecule has 0 radical (unpaired) electrons. The average molecular weight is 575 g/mol. The quantitative estimate of drug-likeness (QED) is 0.223. The van der Waals surface area contributed by atoms with Crippen LogP contribution in [0.1, 0.15) is 36.2 Å². The van der Waals surface area contributed by atoms with E-state index in [1.165, 1.54) is 0 Å². The van der Waals surface area contributed by atoms with Gasteiger partial charge in [-0.05, 0) is 38.0 Å². The lowest BCUT2D eigenvalue weighted by atomic mass is 10.1. The number of nitrogens with zero attached hydrogens (tertiary/aromatic N) is 3. The number of hydrogen-bond donors (Lipinski definition) is 1. The molecule has 9 heteroatoms. The van der Waals surface area contributed by atoms with Crippen LogP contribution in [-0.4, -0.2) is 94.0 Å². The number of carbonyl (C=O) groups is 1. The van der Waals surface area contributed by atoms with Crippen molar-refractivity contribution in [2.24, 2.45) is 10.9 Å². The number of ether oxygens (including phenoxy) is 3. The minimum atomic E-state index is 0. The molecule has 0 bridgehead atoms. The molecule has 1 aromatic carbocycles. The number of rotatable bonds is 8. The molecule has 186 valence electrons. The van der Waals surface area contributed by atoms with Gasteiger partial charge in [0.25, 0.3) is 5.91 Å². The van der Waals surface area contributed by atoms with Crippen LogP contribution in [0.2, 0.25) is 0 Å². The number of likely N-dealkylation sites (tertiary alicyclic amines) is 1. The van der Waals surface area contributed by atoms with E-state index in [1.807, 2.05) is 50.1 Å². The van der Waals surface area contributed by atoms with E-state index < -0.39 is 0 Å². The number of methoxy groups -OCH3 is 1. The fourth-order valence-corrected chi connectivity index (χ4v) is 4.36. The Labute approximate surface area is 215 Å². The van der Waals surface area contributed by atoms with E-state index in [1.54, 1.807) is 7.11 Å². The fourth-order valence-electron chi connectivity index (χ4n) is 4.36. The Hall–Kier alpha value is -1.43. The van der Waals surface area contributed by atoms with Gasteiger partial charge in [-0.1, -0.05) is 12.1 Å². The van der Waals surface area contributed by atoms with Crippen LogP contribution in [-0.2, 0) is 20.8 Å². The Morgan fingerprint density at radius 2 is 1.82 bits per heavy atom. The Morgan fingerprint density at radius 1 is 1.12 bits per heavy atom. The Kier molecular flexibility index (Phi) is 11.9. The summed E-state index contributed by atoms with van der Waals surface area (Å²) in [5.74, 6) is 1.49. The van der Waals surface area contributed by atoms with Crippen molar-refractivity contribution in [3.05, 3.63) is 35.4 Å². The summed E-state index contributed by atoms with van der Waals surface area (Å²) in [7, 11) is 3.50. The van der Waals surface area contributed by atoms with Crippen molar-refractivity contribution < 1.29 is 19.0 Å². The van der Waals surface area contributed by atoms with Gasteiger partial charge in [-0.2, -0.15) is 0 Å². The largest absolute Gasteiger partial charge is 0.382 e. The maximum Gasteiger partial charge on any atom is 0.254 e. The molecule has 0 saturated carbocycles. The second-order valence-corrected chi connectivity index (χ2v) is 8.73. The summed E-state index contributed by atoms with van der Waals surface area (Å²) in [4.78, 5) is 21.5. The fraction of sp³-hybridized carbons (Fsp3) is 0.667. The van der Waals surface area contributed by atoms with Crippen LogP contribution >= 0.6 is 24.0 Å². The minimum absolute atomic E-state index is 0. The van der Waals surface area contributed by atoms with E-state index in [-0.39, 0.29) is 42.1 Å². The zero-order valence-electron chi connectivity index (χ0n) is 20.3. The minimum Gasteiger partial charge on any atom is -0.382 e. The first kappa shape index (κ1) is 27.8. The first-order chi connectivity index (χ1) is 15.5. The zero-order chi connectivity index (χ0) is 22.9. The van der Waals surface area contributed by atoms with Crippen LogP contribution in [0, 0.1) is 5.92 Å². The second-order valence-electron chi connectivity index (χ2n) is 8.73. The third kappa shape index (κ3) is 8.38. The monoisotopic (exact) mass is 574 g/mol. The predicted molar refractivity (Wildman–Crippen MR) is 140 cm³/mol. The summed E-state index contributed by atoms with van der Waals surface area (Å²) in [6.07, 6.45) is 1.24. The number of hydrogen-bond acceptors (Lipinski definition) is 5. The highest BCUT2D eigenvalue weighted by atomic mass is 127. The van der Waals surface area contributed by atoms with E-state index in [9.17, 15) is 4.79 Å². The summed E-state index contributed by atoms with van der Waals surface area (Å²) >= 11 is 0. The SMILES string of the molecule is CN=C(NCc1ccc(C(=O)N2CC(C)OC(C)C2)cc1)N1CCC(COCCOC)C1.I. The van der Waals surface area contributed by atoms with Gasteiger partial charge in [-0.15, -0.1) is 24.0 Å². The normalized spacial score (nSPS) is 23.4. The molecular formula is C24H39IN4O4. The first-order valence-electron chi connectivity index (χ1n) is 11.6. The van der Waals surface area contributed by atoms with Crippen LogP contribution in [0.4, 0.5) is 0 Å². The maximum absolute atomic E-state index is 12.8. The Morgan fingerprint density at radius 3 is 2.45 bits per heavy atom. The molecule has 8 nitrogen and oxygen atoms in total. The molecule has 3 rings (SSSR count). The van der Waals surface area contributed by atoms with Crippen molar-refractivity contribution in [1.29, 1.82) is 0 Å². The Bertz CT molecular complexity index is 751. The van der Waals surface area contributed by atoms with E-state index in [4.69, 9.17) is 14.2 Å². The molecule has 1 aromatic rings. The van der Waals surface area contributed by atoms with Gasteiger partial charge >= 0.3 is 0 Å². The van der Waals surface area contributed by atoms with Gasteiger partial charge in [0.15, 0.2) is 5.96 Å². The van der Waals surface area contributed by atoms with Crippen molar-refractivity contribution in [3.63, 3.8) is 0 Å². The molecule has 0 aliphatic carbocycles. The van der Waals surface area contributed by atoms with Crippen LogP contribution < -0.4 is 5.32 Å². The van der Waals surface area contributed by atoms with Crippen molar-refractivity contribution in [3.8, 4) is 0 Å². The number of nitrogens with one attached hydrogen (secondary N) is 1. The maximum atomic E-state index is 12.8. The van der Waals surface area contributed by atoms with Crippen molar-refractivity contribution in [2.45, 2.75) is 39.0 Å². The second kappa shape index (κ2) is 14.1.